The van der Waals surface area contributed by atoms with Crippen molar-refractivity contribution in [2.75, 3.05) is 6.61 Å². The molecule has 0 aromatic rings. The van der Waals surface area contributed by atoms with Crippen LogP contribution in [-0.2, 0) is 33.4 Å². The molecule has 4 aliphatic carbocycles. The van der Waals surface area contributed by atoms with Crippen LogP contribution >= 0.6 is 0 Å². The molecule has 4 rings (SSSR count). The normalized spacial score (nSPS) is 44.5. The van der Waals surface area contributed by atoms with Gasteiger partial charge >= 0.3 is 11.9 Å². The maximum atomic E-state index is 14.2. The fourth-order valence-electron chi connectivity index (χ4n) is 10.0. The molecule has 0 aliphatic heterocycles. The van der Waals surface area contributed by atoms with Crippen LogP contribution in [0.5, 0.6) is 0 Å². The standard InChI is InChI=1S/C30H44O7/c1-17(32)26-20(15-31)29(7)23(13-21(26)37-19(3)34)28(6)12-9-22-27(4,5)10-8-11-30(22,16-36-18(2)33)24(28)14-25(29)35/h15,20-24,26H,8-14,16H2,1-7H3. The van der Waals surface area contributed by atoms with Crippen molar-refractivity contribution in [3.05, 3.63) is 0 Å². The molecule has 4 saturated carbocycles. The Labute approximate surface area is 220 Å². The van der Waals surface area contributed by atoms with Crippen molar-refractivity contribution in [3.63, 3.8) is 0 Å². The third-order valence-corrected chi connectivity index (χ3v) is 11.5. The number of carbonyl (C=O) groups is 5. The third kappa shape index (κ3) is 4.10. The van der Waals surface area contributed by atoms with E-state index in [4.69, 9.17) is 9.47 Å². The quantitative estimate of drug-likeness (QED) is 0.384. The van der Waals surface area contributed by atoms with Gasteiger partial charge in [-0.05, 0) is 67.6 Å². The molecule has 0 aromatic heterocycles. The van der Waals surface area contributed by atoms with Gasteiger partial charge in [-0.25, -0.2) is 0 Å². The maximum Gasteiger partial charge on any atom is 0.302 e. The number of hydrogen-bond acceptors (Lipinski definition) is 7. The fourth-order valence-corrected chi connectivity index (χ4v) is 10.0. The summed E-state index contributed by atoms with van der Waals surface area (Å²) in [4.78, 5) is 63.8. The molecule has 7 nitrogen and oxygen atoms in total. The van der Waals surface area contributed by atoms with E-state index >= 15 is 0 Å². The largest absolute Gasteiger partial charge is 0.465 e. The molecule has 0 bridgehead atoms. The van der Waals surface area contributed by atoms with Crippen molar-refractivity contribution >= 4 is 29.8 Å². The van der Waals surface area contributed by atoms with Gasteiger partial charge in [-0.3, -0.25) is 19.2 Å². The molecule has 0 spiro atoms. The summed E-state index contributed by atoms with van der Waals surface area (Å²) in [5.41, 5.74) is -1.63. The number of ketones is 2. The SMILES string of the molecule is CC(=O)OCC12CCCC(C)(C)C1CCC1(C)C2CC(=O)C2(C)C(C=O)C(C(C)=O)C(OC(C)=O)CC12. The van der Waals surface area contributed by atoms with Gasteiger partial charge in [0.25, 0.3) is 0 Å². The number of Topliss-reactive ketones (excluding diaryl/α,β-unsaturated/α-hetero) is 2. The second-order valence-electron chi connectivity index (χ2n) is 13.6. The lowest BCUT2D eigenvalue weighted by Gasteiger charge is -2.70. The van der Waals surface area contributed by atoms with Crippen molar-refractivity contribution in [1.82, 2.24) is 0 Å². The fraction of sp³-hybridized carbons (Fsp3) is 0.833. The first-order chi connectivity index (χ1) is 17.1. The molecule has 4 fully saturated rings. The zero-order valence-corrected chi connectivity index (χ0v) is 23.6. The Morgan fingerprint density at radius 2 is 1.62 bits per heavy atom. The van der Waals surface area contributed by atoms with Crippen LogP contribution < -0.4 is 0 Å². The van der Waals surface area contributed by atoms with Crippen molar-refractivity contribution in [1.29, 1.82) is 0 Å². The van der Waals surface area contributed by atoms with Gasteiger partial charge in [-0.2, -0.15) is 0 Å². The van der Waals surface area contributed by atoms with E-state index in [-0.39, 0.29) is 45.6 Å². The minimum atomic E-state index is -1.01. The molecule has 4 aliphatic rings. The van der Waals surface area contributed by atoms with E-state index in [0.29, 0.717) is 25.4 Å². The molecule has 9 unspecified atom stereocenters. The summed E-state index contributed by atoms with van der Waals surface area (Å²) in [5, 5.41) is 0. The lowest BCUT2D eigenvalue weighted by atomic mass is 9.34. The molecule has 9 atom stereocenters. The van der Waals surface area contributed by atoms with Gasteiger partial charge in [-0.1, -0.05) is 34.1 Å². The molecular formula is C30H44O7. The van der Waals surface area contributed by atoms with Crippen molar-refractivity contribution in [2.24, 2.45) is 51.2 Å². The molecule has 0 radical (unpaired) electrons. The summed E-state index contributed by atoms with van der Waals surface area (Å²) in [6.45, 7) is 13.2. The zero-order valence-electron chi connectivity index (χ0n) is 23.6. The third-order valence-electron chi connectivity index (χ3n) is 11.5. The van der Waals surface area contributed by atoms with Crippen LogP contribution in [0.25, 0.3) is 0 Å². The number of aldehydes is 1. The van der Waals surface area contributed by atoms with Crippen LogP contribution in [0.3, 0.4) is 0 Å². The van der Waals surface area contributed by atoms with Crippen LogP contribution in [0.2, 0.25) is 0 Å². The minimum Gasteiger partial charge on any atom is -0.465 e. The Bertz CT molecular complexity index is 1000. The Morgan fingerprint density at radius 1 is 0.946 bits per heavy atom. The zero-order chi connectivity index (χ0) is 27.6. The number of hydrogen-bond donors (Lipinski definition) is 0. The average molecular weight is 517 g/mol. The predicted molar refractivity (Wildman–Crippen MR) is 136 cm³/mol. The molecule has 7 heteroatoms. The van der Waals surface area contributed by atoms with Gasteiger partial charge < -0.3 is 14.3 Å². The van der Waals surface area contributed by atoms with Crippen molar-refractivity contribution in [2.45, 2.75) is 99.5 Å². The number of fused-ring (bicyclic) bond motifs is 5. The van der Waals surface area contributed by atoms with Gasteiger partial charge in [0.05, 0.1) is 12.5 Å². The molecule has 0 amide bonds. The highest BCUT2D eigenvalue weighted by molar-refractivity contribution is 5.93. The monoisotopic (exact) mass is 516 g/mol. The van der Waals surface area contributed by atoms with E-state index in [1.54, 1.807) is 0 Å². The first kappa shape index (κ1) is 28.0. The summed E-state index contributed by atoms with van der Waals surface area (Å²) in [7, 11) is 0. The lowest BCUT2D eigenvalue weighted by molar-refractivity contribution is -0.234. The van der Waals surface area contributed by atoms with Gasteiger partial charge in [0.2, 0.25) is 0 Å². The van der Waals surface area contributed by atoms with Gasteiger partial charge in [0.15, 0.2) is 0 Å². The van der Waals surface area contributed by atoms with E-state index in [0.717, 1.165) is 38.4 Å². The second kappa shape index (κ2) is 9.30. The van der Waals surface area contributed by atoms with Gasteiger partial charge in [0, 0.05) is 37.0 Å². The smallest absolute Gasteiger partial charge is 0.302 e. The van der Waals surface area contributed by atoms with E-state index in [2.05, 4.69) is 20.8 Å². The summed E-state index contributed by atoms with van der Waals surface area (Å²) in [5.74, 6) is -2.64. The van der Waals surface area contributed by atoms with Crippen molar-refractivity contribution in [3.8, 4) is 0 Å². The number of rotatable bonds is 5. The van der Waals surface area contributed by atoms with Crippen LogP contribution in [0.4, 0.5) is 0 Å². The highest BCUT2D eigenvalue weighted by Crippen LogP contribution is 2.73. The molecule has 0 aromatic carbocycles. The molecular weight excluding hydrogens is 472 g/mol. The molecule has 0 heterocycles. The Kier molecular flexibility index (Phi) is 7.03. The summed E-state index contributed by atoms with van der Waals surface area (Å²) in [6, 6.07) is 0. The molecule has 0 saturated heterocycles. The van der Waals surface area contributed by atoms with E-state index in [1.165, 1.54) is 20.8 Å². The highest BCUT2D eigenvalue weighted by Gasteiger charge is 2.71. The van der Waals surface area contributed by atoms with Crippen LogP contribution in [0, 0.1) is 51.2 Å². The van der Waals surface area contributed by atoms with E-state index in [1.807, 2.05) is 6.92 Å². The molecule has 0 N–H and O–H groups in total. The molecule has 206 valence electrons. The topological polar surface area (TPSA) is 104 Å². The van der Waals surface area contributed by atoms with Crippen LogP contribution in [-0.4, -0.2) is 42.5 Å². The number of esters is 2. The van der Waals surface area contributed by atoms with Gasteiger partial charge in [-0.15, -0.1) is 0 Å². The Hall–Kier alpha value is -2.05. The summed E-state index contributed by atoms with van der Waals surface area (Å²) >= 11 is 0. The van der Waals surface area contributed by atoms with E-state index in [9.17, 15) is 24.0 Å². The average Bonchev–Trinajstić information content (AvgIpc) is 2.78. The van der Waals surface area contributed by atoms with Gasteiger partial charge in [0.1, 0.15) is 24.0 Å². The predicted octanol–water partition coefficient (Wildman–Crippen LogP) is 4.73. The highest BCUT2D eigenvalue weighted by atomic mass is 16.5. The van der Waals surface area contributed by atoms with E-state index < -0.39 is 29.3 Å². The van der Waals surface area contributed by atoms with Crippen LogP contribution in [0.15, 0.2) is 0 Å². The van der Waals surface area contributed by atoms with Crippen LogP contribution in [0.1, 0.15) is 93.4 Å². The Balaban J connectivity index is 1.86. The first-order valence-corrected chi connectivity index (χ1v) is 13.9. The summed E-state index contributed by atoms with van der Waals surface area (Å²) < 4.78 is 11.5. The van der Waals surface area contributed by atoms with Crippen molar-refractivity contribution < 1.29 is 33.4 Å². The molecule has 37 heavy (non-hydrogen) atoms. The lowest BCUT2D eigenvalue weighted by Crippen LogP contribution is -2.69. The maximum absolute atomic E-state index is 14.2. The first-order valence-electron chi connectivity index (χ1n) is 13.9. The Morgan fingerprint density at radius 3 is 2.19 bits per heavy atom. The summed E-state index contributed by atoms with van der Waals surface area (Å²) in [6.07, 6.45) is 5.54. The number of carbonyl (C=O) groups excluding carboxylic acids is 5. The minimum absolute atomic E-state index is 0.0100. The number of ether oxygens (including phenoxy) is 2. The second-order valence-corrected chi connectivity index (χ2v) is 13.6.